The van der Waals surface area contributed by atoms with Crippen LogP contribution in [0.2, 0.25) is 0 Å². The van der Waals surface area contributed by atoms with Crippen LogP contribution in [-0.2, 0) is 17.8 Å². The Kier molecular flexibility index (Phi) is 6.43. The summed E-state index contributed by atoms with van der Waals surface area (Å²) in [7, 11) is 1.54. The number of likely N-dealkylation sites (tertiary alicyclic amines) is 1. The molecule has 2 heterocycles. The Morgan fingerprint density at radius 2 is 1.91 bits per heavy atom. The summed E-state index contributed by atoms with van der Waals surface area (Å²) in [5, 5.41) is 10.6. The Morgan fingerprint density at radius 3 is 2.59 bits per heavy atom. The van der Waals surface area contributed by atoms with E-state index in [4.69, 9.17) is 10.5 Å². The molecule has 0 atom stereocenters. The third-order valence-electron chi connectivity index (χ3n) is 6.23. The van der Waals surface area contributed by atoms with Crippen molar-refractivity contribution < 1.29 is 23.4 Å². The number of nitrogens with zero attached hydrogens (tertiary/aromatic N) is 2. The van der Waals surface area contributed by atoms with Gasteiger partial charge in [-0.2, -0.15) is 0 Å². The van der Waals surface area contributed by atoms with Gasteiger partial charge in [0.1, 0.15) is 17.4 Å². The highest BCUT2D eigenvalue weighted by Gasteiger charge is 2.29. The number of amides is 1. The van der Waals surface area contributed by atoms with Crippen molar-refractivity contribution in [3.05, 3.63) is 64.9 Å². The Hall–Kier alpha value is -2.97. The van der Waals surface area contributed by atoms with Crippen LogP contribution in [0.25, 0.3) is 10.9 Å². The number of phenolic OH excluding ortho intramolecular Hbond substituents is 1. The largest absolute Gasteiger partial charge is 0.507 e. The van der Waals surface area contributed by atoms with E-state index in [-0.39, 0.29) is 39.9 Å². The average Bonchev–Trinajstić information content (AvgIpc) is 3.21. The maximum atomic E-state index is 14.6. The van der Waals surface area contributed by atoms with Crippen LogP contribution in [-0.4, -0.2) is 47.3 Å². The summed E-state index contributed by atoms with van der Waals surface area (Å²) in [6.07, 6.45) is 2.80. The molecule has 2 aromatic carbocycles. The van der Waals surface area contributed by atoms with Crippen LogP contribution in [0, 0.1) is 11.6 Å². The van der Waals surface area contributed by atoms with Gasteiger partial charge in [0, 0.05) is 39.5 Å². The number of aromatic nitrogens is 1. The smallest absolute Gasteiger partial charge is 0.256 e. The Labute approximate surface area is 185 Å². The summed E-state index contributed by atoms with van der Waals surface area (Å²) in [4.78, 5) is 15.0. The van der Waals surface area contributed by atoms with Crippen molar-refractivity contribution in [2.45, 2.75) is 31.8 Å². The molecule has 0 unspecified atom stereocenters. The maximum Gasteiger partial charge on any atom is 0.256 e. The summed E-state index contributed by atoms with van der Waals surface area (Å²) >= 11 is 0. The fraction of sp³-hybridized carbons (Fsp3) is 0.375. The Bertz CT molecular complexity index is 1140. The number of hydrogen-bond donors (Lipinski definition) is 2. The first-order valence-corrected chi connectivity index (χ1v) is 10.7. The van der Waals surface area contributed by atoms with Gasteiger partial charge in [0.2, 0.25) is 0 Å². The quantitative estimate of drug-likeness (QED) is 0.608. The molecule has 1 aromatic heterocycles. The molecule has 0 radical (unpaired) electrons. The van der Waals surface area contributed by atoms with E-state index < -0.39 is 5.82 Å². The zero-order chi connectivity index (χ0) is 22.8. The topological polar surface area (TPSA) is 80.7 Å². The number of phenols is 1. The second-order valence-corrected chi connectivity index (χ2v) is 8.15. The first-order valence-electron chi connectivity index (χ1n) is 10.7. The molecule has 1 amide bonds. The standard InChI is InChI=1S/C24H27F2N3O3/c1-32-11-10-29-14-18(22-21(30)5-4-20(26)23(22)29)24(31)28-8-6-16(7-9-28)17-12-15(13-27)2-3-19(17)25/h2-5,12,14,16,30H,6-11,13,27H2,1H3. The highest BCUT2D eigenvalue weighted by Crippen LogP contribution is 2.35. The lowest BCUT2D eigenvalue weighted by atomic mass is 9.88. The molecule has 6 nitrogen and oxygen atoms in total. The van der Waals surface area contributed by atoms with E-state index in [1.165, 1.54) is 18.2 Å². The number of ether oxygens (including phenoxy) is 1. The van der Waals surface area contributed by atoms with Gasteiger partial charge in [-0.15, -0.1) is 0 Å². The Morgan fingerprint density at radius 1 is 1.19 bits per heavy atom. The highest BCUT2D eigenvalue weighted by atomic mass is 19.1. The first-order chi connectivity index (χ1) is 15.4. The van der Waals surface area contributed by atoms with Gasteiger partial charge in [-0.1, -0.05) is 12.1 Å². The van der Waals surface area contributed by atoms with E-state index in [9.17, 15) is 18.7 Å². The lowest BCUT2D eigenvalue weighted by Gasteiger charge is -2.32. The molecule has 0 aliphatic carbocycles. The molecule has 1 aliphatic heterocycles. The minimum absolute atomic E-state index is 0.000516. The van der Waals surface area contributed by atoms with Crippen molar-refractivity contribution in [1.29, 1.82) is 0 Å². The van der Waals surface area contributed by atoms with Crippen molar-refractivity contribution in [2.24, 2.45) is 5.73 Å². The van der Waals surface area contributed by atoms with Gasteiger partial charge in [0.15, 0.2) is 0 Å². The van der Waals surface area contributed by atoms with Gasteiger partial charge in [-0.3, -0.25) is 4.79 Å². The minimum Gasteiger partial charge on any atom is -0.507 e. The summed E-state index contributed by atoms with van der Waals surface area (Å²) in [5.74, 6) is -1.19. The van der Waals surface area contributed by atoms with Crippen LogP contribution in [0.5, 0.6) is 5.75 Å². The zero-order valence-corrected chi connectivity index (χ0v) is 18.0. The second kappa shape index (κ2) is 9.26. The van der Waals surface area contributed by atoms with Crippen LogP contribution < -0.4 is 5.73 Å². The second-order valence-electron chi connectivity index (χ2n) is 8.15. The molecule has 3 N–H and O–H groups in total. The van der Waals surface area contributed by atoms with E-state index in [1.54, 1.807) is 28.8 Å². The average molecular weight is 443 g/mol. The van der Waals surface area contributed by atoms with Crippen molar-refractivity contribution in [3.8, 4) is 5.75 Å². The number of carbonyl (C=O) groups is 1. The third-order valence-corrected chi connectivity index (χ3v) is 6.23. The van der Waals surface area contributed by atoms with Crippen LogP contribution in [0.4, 0.5) is 8.78 Å². The molecule has 3 aromatic rings. The minimum atomic E-state index is -0.512. The number of methoxy groups -OCH3 is 1. The van der Waals surface area contributed by atoms with Crippen molar-refractivity contribution >= 4 is 16.8 Å². The normalized spacial score (nSPS) is 14.9. The number of nitrogens with two attached hydrogens (primary N) is 1. The summed E-state index contributed by atoms with van der Waals surface area (Å²) < 4.78 is 35.6. The molecule has 0 spiro atoms. The molecule has 1 aliphatic rings. The van der Waals surface area contributed by atoms with Gasteiger partial charge in [0.05, 0.1) is 23.1 Å². The highest BCUT2D eigenvalue weighted by molar-refractivity contribution is 6.09. The molecule has 170 valence electrons. The predicted octanol–water partition coefficient (Wildman–Crippen LogP) is 3.75. The lowest BCUT2D eigenvalue weighted by Crippen LogP contribution is -2.38. The number of benzene rings is 2. The predicted molar refractivity (Wildman–Crippen MR) is 118 cm³/mol. The number of halogens is 2. The number of fused-ring (bicyclic) bond motifs is 1. The van der Waals surface area contributed by atoms with Crippen LogP contribution in [0.3, 0.4) is 0 Å². The molecule has 8 heteroatoms. The molecule has 1 saturated heterocycles. The van der Waals surface area contributed by atoms with E-state index >= 15 is 0 Å². The van der Waals surface area contributed by atoms with E-state index in [0.29, 0.717) is 51.2 Å². The van der Waals surface area contributed by atoms with E-state index in [0.717, 1.165) is 5.56 Å². The molecule has 0 bridgehead atoms. The monoisotopic (exact) mass is 443 g/mol. The van der Waals surface area contributed by atoms with Crippen LogP contribution in [0.15, 0.2) is 36.5 Å². The maximum absolute atomic E-state index is 14.6. The summed E-state index contributed by atoms with van der Waals surface area (Å²) in [6, 6.07) is 7.38. The zero-order valence-electron chi connectivity index (χ0n) is 18.0. The van der Waals surface area contributed by atoms with Crippen LogP contribution >= 0.6 is 0 Å². The molecule has 4 rings (SSSR count). The van der Waals surface area contributed by atoms with Gasteiger partial charge < -0.3 is 25.0 Å². The lowest BCUT2D eigenvalue weighted by molar-refractivity contribution is 0.0713. The third kappa shape index (κ3) is 4.08. The van der Waals surface area contributed by atoms with Gasteiger partial charge in [-0.05, 0) is 48.1 Å². The molecule has 0 saturated carbocycles. The molecule has 1 fully saturated rings. The van der Waals surface area contributed by atoms with E-state index in [1.807, 2.05) is 6.07 Å². The van der Waals surface area contributed by atoms with Crippen molar-refractivity contribution in [2.75, 3.05) is 26.8 Å². The fourth-order valence-corrected chi connectivity index (χ4v) is 4.51. The van der Waals surface area contributed by atoms with E-state index in [2.05, 4.69) is 0 Å². The van der Waals surface area contributed by atoms with Crippen molar-refractivity contribution in [1.82, 2.24) is 9.47 Å². The number of piperidine rings is 1. The number of hydrogen-bond acceptors (Lipinski definition) is 4. The van der Waals surface area contributed by atoms with Gasteiger partial charge in [-0.25, -0.2) is 8.78 Å². The van der Waals surface area contributed by atoms with Gasteiger partial charge in [0.25, 0.3) is 5.91 Å². The molecular formula is C24H27F2N3O3. The first kappa shape index (κ1) is 22.2. The Balaban J connectivity index is 1.58. The molecule has 32 heavy (non-hydrogen) atoms. The van der Waals surface area contributed by atoms with Crippen molar-refractivity contribution in [3.63, 3.8) is 0 Å². The number of carbonyl (C=O) groups excluding carboxylic acids is 1. The number of aromatic hydroxyl groups is 1. The SMILES string of the molecule is COCCn1cc(C(=O)N2CCC(c3cc(CN)ccc3F)CC2)c2c(O)ccc(F)c21. The summed E-state index contributed by atoms with van der Waals surface area (Å²) in [6.45, 7) is 1.91. The van der Waals surface area contributed by atoms with Crippen LogP contribution in [0.1, 0.15) is 40.2 Å². The fourth-order valence-electron chi connectivity index (χ4n) is 4.51. The van der Waals surface area contributed by atoms with Gasteiger partial charge >= 0.3 is 0 Å². The number of rotatable bonds is 6. The summed E-state index contributed by atoms with van der Waals surface area (Å²) in [5.41, 5.74) is 7.64. The molecular weight excluding hydrogens is 416 g/mol.